The SMILES string of the molecule is Clc1ccc(-n2ncc3c2ncn2c(Cc4cccc5ccccc45)nnc32)cc1Cl. The van der Waals surface area contributed by atoms with Gasteiger partial charge >= 0.3 is 0 Å². The third kappa shape index (κ3) is 2.95. The fourth-order valence-electron chi connectivity index (χ4n) is 3.91. The maximum absolute atomic E-state index is 6.18. The number of benzene rings is 3. The summed E-state index contributed by atoms with van der Waals surface area (Å²) < 4.78 is 3.64. The molecule has 0 N–H and O–H groups in total. The Balaban J connectivity index is 1.46. The molecule has 0 saturated heterocycles. The molecule has 0 unspecified atom stereocenters. The van der Waals surface area contributed by atoms with Crippen molar-refractivity contribution in [3.63, 3.8) is 0 Å². The van der Waals surface area contributed by atoms with Crippen molar-refractivity contribution >= 4 is 50.7 Å². The summed E-state index contributed by atoms with van der Waals surface area (Å²) in [5.74, 6) is 0.822. The molecule has 0 atom stereocenters. The second kappa shape index (κ2) is 7.04. The molecule has 0 bridgehead atoms. The van der Waals surface area contributed by atoms with Gasteiger partial charge < -0.3 is 0 Å². The summed E-state index contributed by atoms with van der Waals surface area (Å²) in [7, 11) is 0. The Morgan fingerprint density at radius 1 is 0.806 bits per heavy atom. The van der Waals surface area contributed by atoms with Crippen molar-refractivity contribution in [2.75, 3.05) is 0 Å². The Morgan fingerprint density at radius 2 is 1.68 bits per heavy atom. The highest BCUT2D eigenvalue weighted by Crippen LogP contribution is 2.27. The van der Waals surface area contributed by atoms with Crippen molar-refractivity contribution in [1.29, 1.82) is 0 Å². The zero-order valence-corrected chi connectivity index (χ0v) is 17.6. The number of rotatable bonds is 3. The van der Waals surface area contributed by atoms with Gasteiger partial charge in [-0.1, -0.05) is 65.7 Å². The quantitative estimate of drug-likeness (QED) is 0.360. The average molecular weight is 445 g/mol. The summed E-state index contributed by atoms with van der Waals surface area (Å²) in [5, 5.41) is 17.6. The van der Waals surface area contributed by atoms with Gasteiger partial charge in [-0.25, -0.2) is 9.67 Å². The predicted octanol–water partition coefficient (Wildman–Crippen LogP) is 5.51. The van der Waals surface area contributed by atoms with Crippen LogP contribution in [0.15, 0.2) is 73.2 Å². The molecule has 0 saturated carbocycles. The second-order valence-electron chi connectivity index (χ2n) is 7.26. The molecular formula is C23H14Cl2N6. The van der Waals surface area contributed by atoms with Crippen LogP contribution in [-0.2, 0) is 6.42 Å². The molecule has 0 amide bonds. The minimum absolute atomic E-state index is 0.462. The third-order valence-electron chi connectivity index (χ3n) is 5.42. The fraction of sp³-hybridized carbons (Fsp3) is 0.0435. The summed E-state index contributed by atoms with van der Waals surface area (Å²) in [6, 6.07) is 20.0. The van der Waals surface area contributed by atoms with Crippen LogP contribution < -0.4 is 0 Å². The molecule has 0 spiro atoms. The Hall–Kier alpha value is -3.48. The molecule has 0 fully saturated rings. The molecule has 3 heterocycles. The smallest absolute Gasteiger partial charge is 0.174 e. The van der Waals surface area contributed by atoms with E-state index >= 15 is 0 Å². The molecule has 6 aromatic rings. The highest BCUT2D eigenvalue weighted by molar-refractivity contribution is 6.42. The van der Waals surface area contributed by atoms with Crippen LogP contribution in [0.3, 0.4) is 0 Å². The number of aromatic nitrogens is 6. The van der Waals surface area contributed by atoms with Gasteiger partial charge in [-0.15, -0.1) is 10.2 Å². The fourth-order valence-corrected chi connectivity index (χ4v) is 4.20. The highest BCUT2D eigenvalue weighted by Gasteiger charge is 2.16. The van der Waals surface area contributed by atoms with E-state index in [4.69, 9.17) is 23.2 Å². The number of nitrogens with zero attached hydrogens (tertiary/aromatic N) is 6. The lowest BCUT2D eigenvalue weighted by molar-refractivity contribution is 0.886. The molecule has 8 heteroatoms. The molecule has 0 aliphatic rings. The van der Waals surface area contributed by atoms with Crippen molar-refractivity contribution in [3.8, 4) is 5.69 Å². The van der Waals surface area contributed by atoms with Gasteiger partial charge in [0.2, 0.25) is 0 Å². The van der Waals surface area contributed by atoms with E-state index in [-0.39, 0.29) is 0 Å². The van der Waals surface area contributed by atoms with Crippen molar-refractivity contribution in [1.82, 2.24) is 29.4 Å². The predicted molar refractivity (Wildman–Crippen MR) is 122 cm³/mol. The average Bonchev–Trinajstić information content (AvgIpc) is 3.40. The van der Waals surface area contributed by atoms with Crippen molar-refractivity contribution < 1.29 is 0 Å². The number of fused-ring (bicyclic) bond motifs is 4. The van der Waals surface area contributed by atoms with E-state index in [2.05, 4.69) is 56.7 Å². The largest absolute Gasteiger partial charge is 0.268 e. The molecule has 6 nitrogen and oxygen atoms in total. The molecule has 6 rings (SSSR count). The van der Waals surface area contributed by atoms with Crippen LogP contribution in [0.1, 0.15) is 11.4 Å². The minimum Gasteiger partial charge on any atom is -0.268 e. The van der Waals surface area contributed by atoms with E-state index in [1.54, 1.807) is 29.3 Å². The van der Waals surface area contributed by atoms with Gasteiger partial charge in [0, 0.05) is 6.42 Å². The van der Waals surface area contributed by atoms with E-state index in [0.29, 0.717) is 27.8 Å². The maximum atomic E-state index is 6.18. The van der Waals surface area contributed by atoms with Gasteiger partial charge in [-0.3, -0.25) is 4.40 Å². The Bertz CT molecular complexity index is 1600. The number of halogens is 2. The topological polar surface area (TPSA) is 60.9 Å². The van der Waals surface area contributed by atoms with Crippen LogP contribution in [0, 0.1) is 0 Å². The van der Waals surface area contributed by atoms with E-state index in [0.717, 1.165) is 16.9 Å². The highest BCUT2D eigenvalue weighted by atomic mass is 35.5. The summed E-state index contributed by atoms with van der Waals surface area (Å²) >= 11 is 12.2. The number of hydrogen-bond acceptors (Lipinski definition) is 4. The first kappa shape index (κ1) is 18.3. The van der Waals surface area contributed by atoms with Gasteiger partial charge in [0.25, 0.3) is 0 Å². The standard InChI is InChI=1S/C23H14Cl2N6/c24-19-9-8-16(11-20(19)25)31-22-18(12-27-31)23-29-28-21(30(23)13-26-22)10-15-6-3-5-14-4-1-2-7-17(14)15/h1-9,11-13H,10H2. The molecule has 0 radical (unpaired) electrons. The van der Waals surface area contributed by atoms with E-state index in [9.17, 15) is 0 Å². The second-order valence-corrected chi connectivity index (χ2v) is 8.08. The molecule has 3 aromatic carbocycles. The Kier molecular flexibility index (Phi) is 4.16. The van der Waals surface area contributed by atoms with Gasteiger partial charge in [0.05, 0.1) is 27.3 Å². The first-order valence-corrected chi connectivity index (χ1v) is 10.4. The Labute approximate surface area is 186 Å². The van der Waals surface area contributed by atoms with Gasteiger partial charge in [-0.2, -0.15) is 5.10 Å². The molecule has 150 valence electrons. The maximum Gasteiger partial charge on any atom is 0.174 e. The summed E-state index contributed by atoms with van der Waals surface area (Å²) in [4.78, 5) is 4.64. The van der Waals surface area contributed by atoms with E-state index in [1.807, 2.05) is 16.5 Å². The van der Waals surface area contributed by atoms with Crippen molar-refractivity contribution in [3.05, 3.63) is 94.6 Å². The summed E-state index contributed by atoms with van der Waals surface area (Å²) in [6.45, 7) is 0. The third-order valence-corrected chi connectivity index (χ3v) is 6.16. The van der Waals surface area contributed by atoms with E-state index < -0.39 is 0 Å². The lowest BCUT2D eigenvalue weighted by Gasteiger charge is -2.06. The number of hydrogen-bond donors (Lipinski definition) is 0. The van der Waals surface area contributed by atoms with Gasteiger partial charge in [-0.05, 0) is 34.5 Å². The van der Waals surface area contributed by atoms with Crippen LogP contribution in [0.2, 0.25) is 10.0 Å². The molecule has 3 aromatic heterocycles. The molecule has 31 heavy (non-hydrogen) atoms. The van der Waals surface area contributed by atoms with Crippen LogP contribution in [0.25, 0.3) is 33.1 Å². The molecular weight excluding hydrogens is 431 g/mol. The molecule has 0 aliphatic carbocycles. The Morgan fingerprint density at radius 3 is 2.58 bits per heavy atom. The first-order chi connectivity index (χ1) is 15.2. The van der Waals surface area contributed by atoms with Crippen molar-refractivity contribution in [2.45, 2.75) is 6.42 Å². The lowest BCUT2D eigenvalue weighted by Crippen LogP contribution is -2.01. The van der Waals surface area contributed by atoms with Gasteiger partial charge in [0.15, 0.2) is 11.3 Å². The summed E-state index contributed by atoms with van der Waals surface area (Å²) in [5.41, 5.74) is 3.36. The molecule has 0 aliphatic heterocycles. The lowest BCUT2D eigenvalue weighted by atomic mass is 10.0. The van der Waals surface area contributed by atoms with Crippen LogP contribution >= 0.6 is 23.2 Å². The monoisotopic (exact) mass is 444 g/mol. The normalized spacial score (nSPS) is 11.7. The van der Waals surface area contributed by atoms with Crippen LogP contribution in [-0.4, -0.2) is 29.4 Å². The van der Waals surface area contributed by atoms with Crippen LogP contribution in [0.5, 0.6) is 0 Å². The minimum atomic E-state index is 0.462. The zero-order valence-electron chi connectivity index (χ0n) is 16.1. The van der Waals surface area contributed by atoms with Gasteiger partial charge in [0.1, 0.15) is 12.2 Å². The van der Waals surface area contributed by atoms with E-state index in [1.165, 1.54) is 16.3 Å². The van der Waals surface area contributed by atoms with Crippen molar-refractivity contribution in [2.24, 2.45) is 0 Å². The summed E-state index contributed by atoms with van der Waals surface area (Å²) in [6.07, 6.45) is 4.14. The van der Waals surface area contributed by atoms with Crippen LogP contribution in [0.4, 0.5) is 0 Å². The zero-order chi connectivity index (χ0) is 20.9. The first-order valence-electron chi connectivity index (χ1n) is 9.67.